The van der Waals surface area contributed by atoms with Crippen LogP contribution in [0.2, 0.25) is 0 Å². The molecule has 2 N–H and O–H groups in total. The third-order valence-electron chi connectivity index (χ3n) is 0.598. The first-order chi connectivity index (χ1) is 4.18. The van der Waals surface area contributed by atoms with Crippen molar-refractivity contribution in [1.29, 1.82) is 0 Å². The molecule has 0 spiro atoms. The van der Waals surface area contributed by atoms with Gasteiger partial charge >= 0.3 is 0 Å². The molecule has 9 heavy (non-hydrogen) atoms. The van der Waals surface area contributed by atoms with E-state index in [1.54, 1.807) is 0 Å². The Morgan fingerprint density at radius 3 is 1.78 bits per heavy atom. The predicted molar refractivity (Wildman–Crippen MR) is 39.6 cm³/mol. The summed E-state index contributed by atoms with van der Waals surface area (Å²) in [7, 11) is 0. The van der Waals surface area contributed by atoms with E-state index >= 15 is 0 Å². The van der Waals surface area contributed by atoms with Crippen LogP contribution in [-0.4, -0.2) is 15.0 Å². The van der Waals surface area contributed by atoms with Crippen molar-refractivity contribution >= 4 is 37.8 Å². The second-order valence-electron chi connectivity index (χ2n) is 1.23. The summed E-state index contributed by atoms with van der Waals surface area (Å²) in [5, 5.41) is 0. The van der Waals surface area contributed by atoms with Crippen LogP contribution in [0.25, 0.3) is 0 Å². The topological polar surface area (TPSA) is 64.7 Å². The molecule has 1 heterocycles. The van der Waals surface area contributed by atoms with E-state index in [9.17, 15) is 0 Å². The molecule has 0 aliphatic heterocycles. The summed E-state index contributed by atoms with van der Waals surface area (Å²) in [6.45, 7) is 0. The lowest BCUT2D eigenvalue weighted by Crippen LogP contribution is -1.97. The number of hydrogen-bond donors (Lipinski definition) is 1. The van der Waals surface area contributed by atoms with Crippen molar-refractivity contribution in [1.82, 2.24) is 15.0 Å². The molecule has 48 valence electrons. The Labute approximate surface area is 68.2 Å². The van der Waals surface area contributed by atoms with Gasteiger partial charge in [0.05, 0.1) is 0 Å². The van der Waals surface area contributed by atoms with Crippen molar-refractivity contribution in [2.24, 2.45) is 0 Å². The summed E-state index contributed by atoms with van der Waals surface area (Å²) in [5.74, 6) is 0.198. The molecule has 1 aromatic rings. The maximum Gasteiger partial charge on any atom is 0.225 e. The quantitative estimate of drug-likeness (QED) is 0.749. The number of nitrogen functional groups attached to an aromatic ring is 1. The summed E-state index contributed by atoms with van der Waals surface area (Å²) >= 11 is 6.08. The molecule has 0 amide bonds. The normalized spacial score (nSPS) is 9.56. The van der Waals surface area contributed by atoms with Gasteiger partial charge in [-0.25, -0.2) is 0 Å². The molecule has 0 unspecified atom stereocenters. The van der Waals surface area contributed by atoms with Gasteiger partial charge in [-0.3, -0.25) is 0 Å². The Bertz CT molecular complexity index is 175. The van der Waals surface area contributed by atoms with Crippen LogP contribution in [0, 0.1) is 0 Å². The number of halogens is 2. The molecule has 0 aliphatic carbocycles. The van der Waals surface area contributed by atoms with E-state index in [-0.39, 0.29) is 5.95 Å². The number of nitrogens with zero attached hydrogens (tertiary/aromatic N) is 3. The van der Waals surface area contributed by atoms with Gasteiger partial charge in [0.1, 0.15) is 0 Å². The lowest BCUT2D eigenvalue weighted by molar-refractivity contribution is 0.989. The predicted octanol–water partition coefficient (Wildman–Crippen LogP) is 0.979. The van der Waals surface area contributed by atoms with Crippen LogP contribution in [0.3, 0.4) is 0 Å². The molecule has 0 fully saturated rings. The van der Waals surface area contributed by atoms with Gasteiger partial charge in [0, 0.05) is 0 Å². The summed E-state index contributed by atoms with van der Waals surface area (Å²) in [6.07, 6.45) is 0. The lowest BCUT2D eigenvalue weighted by Gasteiger charge is -1.91. The van der Waals surface area contributed by atoms with Crippen LogP contribution in [0.1, 0.15) is 0 Å². The van der Waals surface area contributed by atoms with Gasteiger partial charge in [0.25, 0.3) is 0 Å². The van der Waals surface area contributed by atoms with Crippen LogP contribution in [0.15, 0.2) is 9.47 Å². The highest BCUT2D eigenvalue weighted by Crippen LogP contribution is 2.07. The molecule has 0 aliphatic rings. The molecule has 0 atom stereocenters. The van der Waals surface area contributed by atoms with Gasteiger partial charge in [-0.1, -0.05) is 0 Å². The number of rotatable bonds is 0. The molecule has 0 saturated carbocycles. The second kappa shape index (κ2) is 2.57. The molecule has 4 nitrogen and oxygen atoms in total. The molecule has 0 bridgehead atoms. The molecule has 0 saturated heterocycles. The van der Waals surface area contributed by atoms with E-state index in [4.69, 9.17) is 5.73 Å². The Hall–Kier alpha value is -0.230. The Balaban J connectivity index is 3.17. The third-order valence-corrected chi connectivity index (χ3v) is 1.31. The van der Waals surface area contributed by atoms with Gasteiger partial charge in [0.15, 0.2) is 0 Å². The van der Waals surface area contributed by atoms with Gasteiger partial charge in [0.2, 0.25) is 15.4 Å². The zero-order chi connectivity index (χ0) is 6.85. The van der Waals surface area contributed by atoms with Crippen molar-refractivity contribution in [2.75, 3.05) is 5.73 Å². The van der Waals surface area contributed by atoms with Gasteiger partial charge in [-0.05, 0) is 31.9 Å². The van der Waals surface area contributed by atoms with E-state index in [2.05, 4.69) is 46.8 Å². The van der Waals surface area contributed by atoms with Crippen LogP contribution >= 0.6 is 31.9 Å². The maximum atomic E-state index is 5.24. The summed E-state index contributed by atoms with van der Waals surface area (Å²) < 4.78 is 0.865. The van der Waals surface area contributed by atoms with Crippen molar-refractivity contribution in [3.63, 3.8) is 0 Å². The average Bonchev–Trinajstić information content (AvgIpc) is 1.59. The monoisotopic (exact) mass is 252 g/mol. The number of hydrogen-bond acceptors (Lipinski definition) is 4. The third kappa shape index (κ3) is 1.87. The summed E-state index contributed by atoms with van der Waals surface area (Å²) in [4.78, 5) is 11.1. The molecule has 0 radical (unpaired) electrons. The van der Waals surface area contributed by atoms with Crippen molar-refractivity contribution in [2.45, 2.75) is 0 Å². The minimum absolute atomic E-state index is 0.198. The first-order valence-electron chi connectivity index (χ1n) is 2.01. The Kier molecular flexibility index (Phi) is 1.97. The van der Waals surface area contributed by atoms with Crippen LogP contribution in [-0.2, 0) is 0 Å². The standard InChI is InChI=1S/C3H2Br2N4/c4-1-7-2(5)9-3(6)8-1/h(H2,6,7,8,9). The van der Waals surface area contributed by atoms with E-state index < -0.39 is 0 Å². The van der Waals surface area contributed by atoms with Gasteiger partial charge < -0.3 is 5.73 Å². The van der Waals surface area contributed by atoms with Crippen molar-refractivity contribution in [3.05, 3.63) is 9.47 Å². The Morgan fingerprint density at radius 1 is 1.00 bits per heavy atom. The number of aromatic nitrogens is 3. The highest BCUT2D eigenvalue weighted by Gasteiger charge is 1.95. The van der Waals surface area contributed by atoms with Crippen LogP contribution < -0.4 is 5.73 Å². The molecule has 0 aromatic carbocycles. The first-order valence-corrected chi connectivity index (χ1v) is 3.59. The largest absolute Gasteiger partial charge is 0.368 e. The minimum Gasteiger partial charge on any atom is -0.368 e. The molecular formula is C3H2Br2N4. The smallest absolute Gasteiger partial charge is 0.225 e. The van der Waals surface area contributed by atoms with Crippen LogP contribution in [0.4, 0.5) is 5.95 Å². The SMILES string of the molecule is Nc1nc(Br)nc(Br)n1. The highest BCUT2D eigenvalue weighted by atomic mass is 79.9. The zero-order valence-electron chi connectivity index (χ0n) is 4.17. The molecular weight excluding hydrogens is 252 g/mol. The maximum absolute atomic E-state index is 5.24. The van der Waals surface area contributed by atoms with E-state index in [0.717, 1.165) is 0 Å². The number of nitrogens with two attached hydrogens (primary N) is 1. The van der Waals surface area contributed by atoms with Gasteiger partial charge in [-0.2, -0.15) is 15.0 Å². The van der Waals surface area contributed by atoms with Crippen molar-refractivity contribution < 1.29 is 0 Å². The van der Waals surface area contributed by atoms with E-state index in [1.807, 2.05) is 0 Å². The van der Waals surface area contributed by atoms with Crippen LogP contribution in [0.5, 0.6) is 0 Å². The number of anilines is 1. The summed E-state index contributed by atoms with van der Waals surface area (Å²) in [5.41, 5.74) is 5.24. The zero-order valence-corrected chi connectivity index (χ0v) is 7.35. The highest BCUT2D eigenvalue weighted by molar-refractivity contribution is 9.11. The van der Waals surface area contributed by atoms with E-state index in [0.29, 0.717) is 9.47 Å². The first kappa shape index (κ1) is 6.88. The fourth-order valence-electron chi connectivity index (χ4n) is 0.340. The minimum atomic E-state index is 0.198. The average molecular weight is 254 g/mol. The fraction of sp³-hybridized carbons (Fsp3) is 0. The fourth-order valence-corrected chi connectivity index (χ4v) is 1.28. The second-order valence-corrected chi connectivity index (χ2v) is 2.65. The molecule has 1 rings (SSSR count). The Morgan fingerprint density at radius 2 is 1.44 bits per heavy atom. The summed E-state index contributed by atoms with van der Waals surface area (Å²) in [6, 6.07) is 0. The lowest BCUT2D eigenvalue weighted by atomic mass is 11.0. The molecule has 6 heteroatoms. The van der Waals surface area contributed by atoms with E-state index in [1.165, 1.54) is 0 Å². The molecule has 1 aromatic heterocycles. The van der Waals surface area contributed by atoms with Crippen molar-refractivity contribution in [3.8, 4) is 0 Å². The van der Waals surface area contributed by atoms with Gasteiger partial charge in [-0.15, -0.1) is 0 Å².